The highest BCUT2D eigenvalue weighted by molar-refractivity contribution is 5.45. The van der Waals surface area contributed by atoms with E-state index in [2.05, 4.69) is 37.5 Å². The van der Waals surface area contributed by atoms with Crippen LogP contribution in [0.4, 0.5) is 0 Å². The van der Waals surface area contributed by atoms with E-state index in [4.69, 9.17) is 4.52 Å². The van der Waals surface area contributed by atoms with Gasteiger partial charge in [0.05, 0.1) is 5.92 Å². The molecule has 0 radical (unpaired) electrons. The summed E-state index contributed by atoms with van der Waals surface area (Å²) in [6.45, 7) is 0. The van der Waals surface area contributed by atoms with Crippen molar-refractivity contribution in [2.24, 2.45) is 0 Å². The van der Waals surface area contributed by atoms with Gasteiger partial charge in [-0.15, -0.1) is 0 Å². The average molecular weight is 239 g/mol. The van der Waals surface area contributed by atoms with E-state index in [9.17, 15) is 0 Å². The SMILES string of the molecule is c1ccc2c(c1)CC2c1nc(-c2ncn[nH]2)no1. The van der Waals surface area contributed by atoms with E-state index in [-0.39, 0.29) is 5.92 Å². The van der Waals surface area contributed by atoms with Gasteiger partial charge in [0.15, 0.2) is 5.82 Å². The molecule has 3 aromatic rings. The minimum atomic E-state index is 0.213. The maximum absolute atomic E-state index is 5.30. The molecule has 0 saturated heterocycles. The molecule has 1 aliphatic carbocycles. The molecule has 6 heteroatoms. The van der Waals surface area contributed by atoms with Gasteiger partial charge in [0.25, 0.3) is 0 Å². The van der Waals surface area contributed by atoms with E-state index in [1.165, 1.54) is 17.5 Å². The van der Waals surface area contributed by atoms with Gasteiger partial charge in [-0.05, 0) is 17.5 Å². The molecule has 6 nitrogen and oxygen atoms in total. The minimum Gasteiger partial charge on any atom is -0.338 e. The number of rotatable bonds is 2. The van der Waals surface area contributed by atoms with Crippen molar-refractivity contribution in [1.82, 2.24) is 25.3 Å². The molecule has 1 unspecified atom stereocenters. The van der Waals surface area contributed by atoms with Gasteiger partial charge in [-0.1, -0.05) is 29.4 Å². The maximum Gasteiger partial charge on any atom is 0.239 e. The zero-order chi connectivity index (χ0) is 11.9. The number of nitrogens with one attached hydrogen (secondary N) is 1. The van der Waals surface area contributed by atoms with Crippen LogP contribution in [0.15, 0.2) is 35.1 Å². The van der Waals surface area contributed by atoms with Crippen LogP contribution in [0.25, 0.3) is 11.6 Å². The fraction of sp³-hybridized carbons (Fsp3) is 0.167. The normalized spacial score (nSPS) is 17.2. The predicted molar refractivity (Wildman–Crippen MR) is 61.7 cm³/mol. The Hall–Kier alpha value is -2.50. The Balaban J connectivity index is 1.68. The van der Waals surface area contributed by atoms with Crippen LogP contribution in [0.2, 0.25) is 0 Å². The Bertz CT molecular complexity index is 688. The number of fused-ring (bicyclic) bond motifs is 1. The molecule has 0 amide bonds. The van der Waals surface area contributed by atoms with Crippen molar-refractivity contribution in [2.45, 2.75) is 12.3 Å². The first kappa shape index (κ1) is 9.52. The van der Waals surface area contributed by atoms with E-state index in [1.807, 2.05) is 12.1 Å². The molecule has 88 valence electrons. The summed E-state index contributed by atoms with van der Waals surface area (Å²) in [6, 6.07) is 8.29. The van der Waals surface area contributed by atoms with Crippen molar-refractivity contribution >= 4 is 0 Å². The van der Waals surface area contributed by atoms with Gasteiger partial charge in [-0.25, -0.2) is 4.98 Å². The molecule has 2 heterocycles. The van der Waals surface area contributed by atoms with Crippen LogP contribution in [-0.2, 0) is 6.42 Å². The van der Waals surface area contributed by atoms with E-state index in [0.29, 0.717) is 17.5 Å². The van der Waals surface area contributed by atoms with Crippen molar-refractivity contribution < 1.29 is 4.52 Å². The molecule has 0 bridgehead atoms. The molecule has 0 saturated carbocycles. The van der Waals surface area contributed by atoms with Gasteiger partial charge in [-0.2, -0.15) is 10.1 Å². The van der Waals surface area contributed by atoms with Crippen LogP contribution in [0.3, 0.4) is 0 Å². The summed E-state index contributed by atoms with van der Waals surface area (Å²) in [4.78, 5) is 8.36. The van der Waals surface area contributed by atoms with Crippen LogP contribution in [0.5, 0.6) is 0 Å². The molecule has 4 rings (SSSR count). The minimum absolute atomic E-state index is 0.213. The van der Waals surface area contributed by atoms with Gasteiger partial charge in [0.2, 0.25) is 11.7 Å². The summed E-state index contributed by atoms with van der Waals surface area (Å²) < 4.78 is 5.30. The first-order valence-electron chi connectivity index (χ1n) is 5.69. The van der Waals surface area contributed by atoms with Crippen molar-refractivity contribution in [3.05, 3.63) is 47.6 Å². The number of aromatic nitrogens is 5. The fourth-order valence-corrected chi connectivity index (χ4v) is 2.27. The lowest BCUT2D eigenvalue weighted by atomic mass is 9.77. The third-order valence-electron chi connectivity index (χ3n) is 3.22. The molecule has 2 aromatic heterocycles. The standard InChI is InChI=1S/C12H9N5O/c1-2-4-8-7(3-1)5-9(8)12-15-11(17-18-12)10-13-6-14-16-10/h1-4,6,9H,5H2,(H,13,14,16). The third kappa shape index (κ3) is 1.29. The zero-order valence-corrected chi connectivity index (χ0v) is 9.37. The number of aromatic amines is 1. The van der Waals surface area contributed by atoms with E-state index >= 15 is 0 Å². The lowest BCUT2D eigenvalue weighted by Crippen LogP contribution is -2.18. The van der Waals surface area contributed by atoms with Crippen molar-refractivity contribution in [3.8, 4) is 11.6 Å². The summed E-state index contributed by atoms with van der Waals surface area (Å²) in [7, 11) is 0. The van der Waals surface area contributed by atoms with E-state index in [0.717, 1.165) is 6.42 Å². The molecule has 0 aliphatic heterocycles. The van der Waals surface area contributed by atoms with Gasteiger partial charge < -0.3 is 4.52 Å². The van der Waals surface area contributed by atoms with Gasteiger partial charge >= 0.3 is 0 Å². The Morgan fingerprint density at radius 1 is 1.28 bits per heavy atom. The summed E-state index contributed by atoms with van der Waals surface area (Å²) in [5, 5.41) is 10.4. The topological polar surface area (TPSA) is 80.5 Å². The number of hydrogen-bond donors (Lipinski definition) is 1. The summed E-state index contributed by atoms with van der Waals surface area (Å²) >= 11 is 0. The number of nitrogens with zero attached hydrogens (tertiary/aromatic N) is 4. The Morgan fingerprint density at radius 3 is 3.06 bits per heavy atom. The van der Waals surface area contributed by atoms with Crippen LogP contribution >= 0.6 is 0 Å². The Labute approximate surface area is 102 Å². The fourth-order valence-electron chi connectivity index (χ4n) is 2.27. The second-order valence-electron chi connectivity index (χ2n) is 4.25. The van der Waals surface area contributed by atoms with Crippen LogP contribution < -0.4 is 0 Å². The Kier molecular flexibility index (Phi) is 1.85. The van der Waals surface area contributed by atoms with Crippen LogP contribution in [0, 0.1) is 0 Å². The molecule has 0 spiro atoms. The summed E-state index contributed by atoms with van der Waals surface area (Å²) in [6.07, 6.45) is 2.37. The van der Waals surface area contributed by atoms with Gasteiger partial charge in [0, 0.05) is 0 Å². The van der Waals surface area contributed by atoms with Crippen molar-refractivity contribution in [1.29, 1.82) is 0 Å². The van der Waals surface area contributed by atoms with Crippen molar-refractivity contribution in [2.75, 3.05) is 0 Å². The lowest BCUT2D eigenvalue weighted by Gasteiger charge is -2.26. The van der Waals surface area contributed by atoms with Gasteiger partial charge in [-0.3, -0.25) is 5.10 Å². The monoisotopic (exact) mass is 239 g/mol. The van der Waals surface area contributed by atoms with Gasteiger partial charge in [0.1, 0.15) is 6.33 Å². The summed E-state index contributed by atoms with van der Waals surface area (Å²) in [5.74, 6) is 1.83. The number of H-pyrrole nitrogens is 1. The quantitative estimate of drug-likeness (QED) is 0.733. The maximum atomic E-state index is 5.30. The second kappa shape index (κ2) is 3.49. The molecule has 1 N–H and O–H groups in total. The summed E-state index contributed by atoms with van der Waals surface area (Å²) in [5.41, 5.74) is 2.62. The van der Waals surface area contributed by atoms with Crippen LogP contribution in [0.1, 0.15) is 22.9 Å². The largest absolute Gasteiger partial charge is 0.338 e. The lowest BCUT2D eigenvalue weighted by molar-refractivity contribution is 0.356. The van der Waals surface area contributed by atoms with Crippen LogP contribution in [-0.4, -0.2) is 25.3 Å². The molecule has 0 fully saturated rings. The molecular formula is C12H9N5O. The third-order valence-corrected chi connectivity index (χ3v) is 3.22. The average Bonchev–Trinajstić information content (AvgIpc) is 3.00. The highest BCUT2D eigenvalue weighted by atomic mass is 16.5. The zero-order valence-electron chi connectivity index (χ0n) is 9.37. The molecular weight excluding hydrogens is 230 g/mol. The highest BCUT2D eigenvalue weighted by Gasteiger charge is 2.31. The first-order chi connectivity index (χ1) is 8.92. The number of benzene rings is 1. The smallest absolute Gasteiger partial charge is 0.239 e. The highest BCUT2D eigenvalue weighted by Crippen LogP contribution is 2.39. The Morgan fingerprint density at radius 2 is 2.22 bits per heavy atom. The van der Waals surface area contributed by atoms with E-state index in [1.54, 1.807) is 0 Å². The molecule has 1 aromatic carbocycles. The number of hydrogen-bond acceptors (Lipinski definition) is 5. The molecule has 1 atom stereocenters. The predicted octanol–water partition coefficient (Wildman–Crippen LogP) is 1.54. The van der Waals surface area contributed by atoms with Crippen molar-refractivity contribution in [3.63, 3.8) is 0 Å². The first-order valence-corrected chi connectivity index (χ1v) is 5.69. The molecule has 1 aliphatic rings. The van der Waals surface area contributed by atoms with E-state index < -0.39 is 0 Å². The second-order valence-corrected chi connectivity index (χ2v) is 4.25. The molecule has 18 heavy (non-hydrogen) atoms.